The number of hydrogen-bond donors (Lipinski definition) is 1. The number of rotatable bonds is 3. The second-order valence-electron chi connectivity index (χ2n) is 8.08. The van der Waals surface area contributed by atoms with E-state index >= 15 is 0 Å². The number of amides is 1. The van der Waals surface area contributed by atoms with E-state index in [4.69, 9.17) is 5.73 Å². The van der Waals surface area contributed by atoms with Crippen LogP contribution in [-0.2, 0) is 14.8 Å². The minimum atomic E-state index is -3.59. The van der Waals surface area contributed by atoms with Crippen molar-refractivity contribution in [3.8, 4) is 0 Å². The first kappa shape index (κ1) is 19.8. The Morgan fingerprint density at radius 2 is 1.59 bits per heavy atom. The van der Waals surface area contributed by atoms with E-state index in [1.165, 1.54) is 4.31 Å². The van der Waals surface area contributed by atoms with Crippen molar-refractivity contribution in [2.75, 3.05) is 26.2 Å². The Morgan fingerprint density at radius 1 is 1.00 bits per heavy atom. The molecule has 1 atom stereocenters. The fourth-order valence-corrected chi connectivity index (χ4v) is 4.65. The second-order valence-corrected chi connectivity index (χ2v) is 10.0. The largest absolute Gasteiger partial charge is 0.339 e. The highest BCUT2D eigenvalue weighted by molar-refractivity contribution is 7.89. The third-order valence-corrected chi connectivity index (χ3v) is 7.00. The summed E-state index contributed by atoms with van der Waals surface area (Å²) >= 11 is 0. The summed E-state index contributed by atoms with van der Waals surface area (Å²) in [5.41, 5.74) is 5.74. The molecule has 0 spiro atoms. The van der Waals surface area contributed by atoms with Crippen LogP contribution in [0.25, 0.3) is 10.8 Å². The molecule has 7 heteroatoms. The van der Waals surface area contributed by atoms with Gasteiger partial charge in [-0.1, -0.05) is 51.1 Å². The number of sulfonamides is 1. The van der Waals surface area contributed by atoms with Crippen molar-refractivity contribution in [3.05, 3.63) is 42.5 Å². The predicted molar refractivity (Wildman–Crippen MR) is 107 cm³/mol. The van der Waals surface area contributed by atoms with Crippen LogP contribution < -0.4 is 5.73 Å². The molecular weight excluding hydrogens is 362 g/mol. The van der Waals surface area contributed by atoms with Crippen LogP contribution in [0, 0.1) is 5.41 Å². The summed E-state index contributed by atoms with van der Waals surface area (Å²) in [4.78, 5) is 14.5. The van der Waals surface area contributed by atoms with E-state index in [1.54, 1.807) is 17.0 Å². The Kier molecular flexibility index (Phi) is 5.29. The highest BCUT2D eigenvalue weighted by atomic mass is 32.2. The van der Waals surface area contributed by atoms with Crippen LogP contribution in [0.3, 0.4) is 0 Å². The van der Waals surface area contributed by atoms with Crippen LogP contribution in [0.4, 0.5) is 0 Å². The molecule has 1 aliphatic rings. The van der Waals surface area contributed by atoms with Gasteiger partial charge >= 0.3 is 0 Å². The number of benzene rings is 2. The van der Waals surface area contributed by atoms with Gasteiger partial charge in [-0.3, -0.25) is 4.79 Å². The predicted octanol–water partition coefficient (Wildman–Crippen LogP) is 2.05. The molecule has 0 aliphatic carbocycles. The number of fused-ring (bicyclic) bond motifs is 1. The lowest BCUT2D eigenvalue weighted by Crippen LogP contribution is -2.56. The Hall–Kier alpha value is -1.96. The second kappa shape index (κ2) is 7.22. The van der Waals surface area contributed by atoms with E-state index < -0.39 is 16.1 Å². The molecule has 0 aromatic heterocycles. The maximum Gasteiger partial charge on any atom is 0.243 e. The molecular formula is C20H27N3O3S. The maximum absolute atomic E-state index is 13.0. The maximum atomic E-state index is 13.0. The molecule has 2 N–H and O–H groups in total. The minimum absolute atomic E-state index is 0.120. The Balaban J connectivity index is 1.73. The van der Waals surface area contributed by atoms with Crippen molar-refractivity contribution < 1.29 is 13.2 Å². The summed E-state index contributed by atoms with van der Waals surface area (Å²) in [5.74, 6) is -0.120. The van der Waals surface area contributed by atoms with Gasteiger partial charge < -0.3 is 10.6 Å². The topological polar surface area (TPSA) is 83.7 Å². The number of piperazine rings is 1. The smallest absolute Gasteiger partial charge is 0.243 e. The van der Waals surface area contributed by atoms with Crippen molar-refractivity contribution in [2.24, 2.45) is 11.1 Å². The zero-order valence-corrected chi connectivity index (χ0v) is 16.9. The molecule has 0 saturated carbocycles. The van der Waals surface area contributed by atoms with Gasteiger partial charge in [0.1, 0.15) is 0 Å². The van der Waals surface area contributed by atoms with Gasteiger partial charge in [0.05, 0.1) is 10.9 Å². The number of carbonyl (C=O) groups excluding carboxylic acids is 1. The number of hydrogen-bond acceptors (Lipinski definition) is 4. The van der Waals surface area contributed by atoms with Crippen LogP contribution in [0.15, 0.2) is 47.4 Å². The molecule has 2 aromatic rings. The number of carbonyl (C=O) groups is 1. The standard InChI is InChI=1S/C20H27N3O3S/c1-20(2,3)18(21)19(24)22-10-12-23(13-11-22)27(25,26)17-9-8-15-6-4-5-7-16(15)14-17/h4-9,14,18H,10-13,21H2,1-3H3/t18-/m1/s1. The van der Waals surface area contributed by atoms with Crippen molar-refractivity contribution >= 4 is 26.7 Å². The molecule has 2 aromatic carbocycles. The first-order chi connectivity index (χ1) is 12.6. The molecule has 0 unspecified atom stereocenters. The van der Waals surface area contributed by atoms with Crippen molar-refractivity contribution in [1.82, 2.24) is 9.21 Å². The summed E-state index contributed by atoms with van der Waals surface area (Å²) in [7, 11) is -3.59. The molecule has 27 heavy (non-hydrogen) atoms. The average Bonchev–Trinajstić information content (AvgIpc) is 2.65. The van der Waals surface area contributed by atoms with Gasteiger partial charge in [0.25, 0.3) is 0 Å². The third kappa shape index (κ3) is 4.00. The van der Waals surface area contributed by atoms with E-state index in [2.05, 4.69) is 0 Å². The minimum Gasteiger partial charge on any atom is -0.339 e. The highest BCUT2D eigenvalue weighted by Gasteiger charge is 2.35. The van der Waals surface area contributed by atoms with Gasteiger partial charge in [0.2, 0.25) is 15.9 Å². The highest BCUT2D eigenvalue weighted by Crippen LogP contribution is 2.24. The monoisotopic (exact) mass is 389 g/mol. The molecule has 0 bridgehead atoms. The van der Waals surface area contributed by atoms with Gasteiger partial charge in [-0.25, -0.2) is 8.42 Å². The zero-order chi connectivity index (χ0) is 19.8. The lowest BCUT2D eigenvalue weighted by Gasteiger charge is -2.37. The Labute approximate surface area is 161 Å². The molecule has 1 fully saturated rings. The van der Waals surface area contributed by atoms with Gasteiger partial charge in [-0.05, 0) is 28.3 Å². The van der Waals surface area contributed by atoms with Crippen LogP contribution in [0.1, 0.15) is 20.8 Å². The van der Waals surface area contributed by atoms with E-state index in [0.29, 0.717) is 13.1 Å². The molecule has 6 nitrogen and oxygen atoms in total. The first-order valence-corrected chi connectivity index (χ1v) is 10.6. The number of nitrogens with two attached hydrogens (primary N) is 1. The summed E-state index contributed by atoms with van der Waals surface area (Å²) in [6.45, 7) is 7.04. The lowest BCUT2D eigenvalue weighted by molar-refractivity contribution is -0.136. The SMILES string of the molecule is CC(C)(C)[C@H](N)C(=O)N1CCN(S(=O)(=O)c2ccc3ccccc3c2)CC1. The van der Waals surface area contributed by atoms with Crippen LogP contribution in [-0.4, -0.2) is 55.8 Å². The van der Waals surface area contributed by atoms with Crippen LogP contribution >= 0.6 is 0 Å². The summed E-state index contributed by atoms with van der Waals surface area (Å²) in [6, 6.07) is 12.2. The van der Waals surface area contributed by atoms with Crippen molar-refractivity contribution in [2.45, 2.75) is 31.7 Å². The van der Waals surface area contributed by atoms with E-state index in [-0.39, 0.29) is 29.3 Å². The first-order valence-electron chi connectivity index (χ1n) is 9.14. The van der Waals surface area contributed by atoms with Crippen LogP contribution in [0.2, 0.25) is 0 Å². The molecule has 1 amide bonds. The fourth-order valence-electron chi connectivity index (χ4n) is 3.19. The zero-order valence-electron chi connectivity index (χ0n) is 16.1. The molecule has 146 valence electrons. The summed E-state index contributed by atoms with van der Waals surface area (Å²) in [6.07, 6.45) is 0. The Bertz CT molecular complexity index is 942. The third-order valence-electron chi connectivity index (χ3n) is 5.11. The van der Waals surface area contributed by atoms with Gasteiger partial charge in [0, 0.05) is 26.2 Å². The molecule has 0 radical (unpaired) electrons. The summed E-state index contributed by atoms with van der Waals surface area (Å²) in [5, 5.41) is 1.89. The van der Waals surface area contributed by atoms with Gasteiger partial charge in [0.15, 0.2) is 0 Å². The summed E-state index contributed by atoms with van der Waals surface area (Å²) < 4.78 is 27.4. The Morgan fingerprint density at radius 3 is 2.19 bits per heavy atom. The molecule has 1 saturated heterocycles. The lowest BCUT2D eigenvalue weighted by atomic mass is 9.86. The van der Waals surface area contributed by atoms with Crippen LogP contribution in [0.5, 0.6) is 0 Å². The van der Waals surface area contributed by atoms with Crippen molar-refractivity contribution in [3.63, 3.8) is 0 Å². The van der Waals surface area contributed by atoms with E-state index in [0.717, 1.165) is 10.8 Å². The van der Waals surface area contributed by atoms with Crippen molar-refractivity contribution in [1.29, 1.82) is 0 Å². The number of nitrogens with zero attached hydrogens (tertiary/aromatic N) is 2. The van der Waals surface area contributed by atoms with E-state index in [9.17, 15) is 13.2 Å². The normalized spacial score (nSPS) is 17.9. The molecule has 1 heterocycles. The van der Waals surface area contributed by atoms with Gasteiger partial charge in [-0.2, -0.15) is 4.31 Å². The van der Waals surface area contributed by atoms with E-state index in [1.807, 2.05) is 51.1 Å². The molecule has 3 rings (SSSR count). The fraction of sp³-hybridized carbons (Fsp3) is 0.450. The van der Waals surface area contributed by atoms with Gasteiger partial charge in [-0.15, -0.1) is 0 Å². The quantitative estimate of drug-likeness (QED) is 0.871. The average molecular weight is 390 g/mol. The molecule has 1 aliphatic heterocycles.